The van der Waals surface area contributed by atoms with Crippen LogP contribution in [-0.4, -0.2) is 24.6 Å². The molecule has 0 saturated carbocycles. The average Bonchev–Trinajstić information content (AvgIpc) is 2.97. The highest BCUT2D eigenvalue weighted by molar-refractivity contribution is 6.28. The number of halogens is 1. The van der Waals surface area contributed by atoms with Crippen LogP contribution < -0.4 is 0 Å². The van der Waals surface area contributed by atoms with Gasteiger partial charge in [-0.15, -0.1) is 0 Å². The van der Waals surface area contributed by atoms with Gasteiger partial charge in [-0.2, -0.15) is 4.98 Å². The Morgan fingerprint density at radius 2 is 1.88 bits per heavy atom. The second kappa shape index (κ2) is 5.62. The lowest BCUT2D eigenvalue weighted by molar-refractivity contribution is 0.475. The van der Waals surface area contributed by atoms with Crippen LogP contribution in [0.3, 0.4) is 0 Å². The summed E-state index contributed by atoms with van der Waals surface area (Å²) in [5.74, 6) is 0.161. The molecule has 2 heterocycles. The van der Waals surface area contributed by atoms with E-state index >= 15 is 0 Å². The molecule has 2 aromatic heterocycles. The smallest absolute Gasteiger partial charge is 0.225 e. The molecule has 0 amide bonds. The molecule has 0 saturated heterocycles. The van der Waals surface area contributed by atoms with Crippen molar-refractivity contribution >= 4 is 22.8 Å². The molecule has 0 aliphatic rings. The van der Waals surface area contributed by atoms with E-state index in [9.17, 15) is 5.11 Å². The Hall–Kier alpha value is -2.92. The molecule has 4 aromatic rings. The van der Waals surface area contributed by atoms with Crippen molar-refractivity contribution in [2.45, 2.75) is 6.92 Å². The SMILES string of the molecule is Cc1cccc(-n2cnc3c(-c4cccc(O)c4)nc(Cl)nc32)c1. The average molecular weight is 337 g/mol. The van der Waals surface area contributed by atoms with Crippen LogP contribution in [0, 0.1) is 6.92 Å². The van der Waals surface area contributed by atoms with E-state index in [-0.39, 0.29) is 11.0 Å². The van der Waals surface area contributed by atoms with Gasteiger partial charge in [0.1, 0.15) is 23.3 Å². The highest BCUT2D eigenvalue weighted by atomic mass is 35.5. The third-order valence-corrected chi connectivity index (χ3v) is 3.94. The fourth-order valence-corrected chi connectivity index (χ4v) is 2.86. The number of imidazole rings is 1. The van der Waals surface area contributed by atoms with Crippen LogP contribution in [0.2, 0.25) is 5.28 Å². The lowest BCUT2D eigenvalue weighted by Crippen LogP contribution is -1.97. The Balaban J connectivity index is 1.98. The zero-order valence-electron chi connectivity index (χ0n) is 12.8. The van der Waals surface area contributed by atoms with Gasteiger partial charge >= 0.3 is 0 Å². The molecule has 6 heteroatoms. The first kappa shape index (κ1) is 14.7. The monoisotopic (exact) mass is 336 g/mol. The Morgan fingerprint density at radius 3 is 2.67 bits per heavy atom. The van der Waals surface area contributed by atoms with Gasteiger partial charge in [0.25, 0.3) is 0 Å². The summed E-state index contributed by atoms with van der Waals surface area (Å²) in [6.45, 7) is 2.03. The van der Waals surface area contributed by atoms with Crippen LogP contribution in [0.15, 0.2) is 54.9 Å². The molecule has 4 rings (SSSR count). The Labute approximate surface area is 143 Å². The van der Waals surface area contributed by atoms with Gasteiger partial charge in [-0.05, 0) is 48.4 Å². The van der Waals surface area contributed by atoms with E-state index in [2.05, 4.69) is 15.0 Å². The summed E-state index contributed by atoms with van der Waals surface area (Å²) < 4.78 is 1.88. The van der Waals surface area contributed by atoms with E-state index in [4.69, 9.17) is 11.6 Å². The summed E-state index contributed by atoms with van der Waals surface area (Å²) in [7, 11) is 0. The highest BCUT2D eigenvalue weighted by Crippen LogP contribution is 2.29. The van der Waals surface area contributed by atoms with Gasteiger partial charge in [0.2, 0.25) is 5.28 Å². The topological polar surface area (TPSA) is 63.8 Å². The molecule has 118 valence electrons. The summed E-state index contributed by atoms with van der Waals surface area (Å²) >= 11 is 6.14. The van der Waals surface area contributed by atoms with Gasteiger partial charge in [-0.25, -0.2) is 9.97 Å². The maximum atomic E-state index is 9.73. The first-order valence-electron chi connectivity index (χ1n) is 7.39. The number of phenolic OH excluding ortho intramolecular Hbond substituents is 1. The number of hydrogen-bond donors (Lipinski definition) is 1. The molecule has 5 nitrogen and oxygen atoms in total. The summed E-state index contributed by atoms with van der Waals surface area (Å²) in [5, 5.41) is 9.86. The molecular formula is C18H13ClN4O. The molecule has 1 N–H and O–H groups in total. The third kappa shape index (κ3) is 2.49. The van der Waals surface area contributed by atoms with E-state index in [1.54, 1.807) is 24.5 Å². The Bertz CT molecular complexity index is 1060. The van der Waals surface area contributed by atoms with E-state index in [1.807, 2.05) is 41.8 Å². The summed E-state index contributed by atoms with van der Waals surface area (Å²) in [6.07, 6.45) is 1.71. The first-order valence-corrected chi connectivity index (χ1v) is 7.76. The van der Waals surface area contributed by atoms with Crippen LogP contribution >= 0.6 is 11.6 Å². The molecule has 0 aliphatic carbocycles. The van der Waals surface area contributed by atoms with Crippen LogP contribution in [0.5, 0.6) is 5.75 Å². The van der Waals surface area contributed by atoms with Crippen molar-refractivity contribution in [3.63, 3.8) is 0 Å². The van der Waals surface area contributed by atoms with Crippen molar-refractivity contribution in [2.75, 3.05) is 0 Å². The lowest BCUT2D eigenvalue weighted by Gasteiger charge is -2.06. The number of nitrogens with zero attached hydrogens (tertiary/aromatic N) is 4. The minimum atomic E-state index is 0.134. The van der Waals surface area contributed by atoms with Crippen LogP contribution in [0.1, 0.15) is 5.56 Å². The summed E-state index contributed by atoms with van der Waals surface area (Å²) in [5.41, 5.74) is 4.67. The minimum Gasteiger partial charge on any atom is -0.508 e. The molecule has 0 radical (unpaired) electrons. The maximum Gasteiger partial charge on any atom is 0.225 e. The fourth-order valence-electron chi connectivity index (χ4n) is 2.69. The fraction of sp³-hybridized carbons (Fsp3) is 0.0556. The number of aromatic nitrogens is 4. The van der Waals surface area contributed by atoms with Crippen molar-refractivity contribution in [3.05, 3.63) is 65.7 Å². The zero-order chi connectivity index (χ0) is 16.7. The third-order valence-electron chi connectivity index (χ3n) is 3.77. The van der Waals surface area contributed by atoms with Gasteiger partial charge in [-0.3, -0.25) is 4.57 Å². The standard InChI is InChI=1S/C18H13ClN4O/c1-11-4-2-6-13(8-11)23-10-20-16-15(21-18(19)22-17(16)23)12-5-3-7-14(24)9-12/h2-10,24H,1H3. The number of aromatic hydroxyl groups is 1. The van der Waals surface area contributed by atoms with Gasteiger partial charge < -0.3 is 5.11 Å². The summed E-state index contributed by atoms with van der Waals surface area (Å²) in [6, 6.07) is 14.9. The molecule has 0 fully saturated rings. The number of phenols is 1. The van der Waals surface area contributed by atoms with E-state index in [0.29, 0.717) is 16.9 Å². The van der Waals surface area contributed by atoms with Crippen molar-refractivity contribution < 1.29 is 5.11 Å². The van der Waals surface area contributed by atoms with Gasteiger partial charge in [0, 0.05) is 11.3 Å². The quantitative estimate of drug-likeness (QED) is 0.558. The zero-order valence-corrected chi connectivity index (χ0v) is 13.6. The molecule has 0 bridgehead atoms. The minimum absolute atomic E-state index is 0.134. The van der Waals surface area contributed by atoms with Crippen LogP contribution in [0.25, 0.3) is 28.1 Å². The number of aryl methyl sites for hydroxylation is 1. The highest BCUT2D eigenvalue weighted by Gasteiger charge is 2.15. The second-order valence-electron chi connectivity index (χ2n) is 5.52. The molecule has 0 spiro atoms. The Kier molecular flexibility index (Phi) is 3.43. The summed E-state index contributed by atoms with van der Waals surface area (Å²) in [4.78, 5) is 13.1. The normalized spacial score (nSPS) is 11.1. The number of benzene rings is 2. The molecular weight excluding hydrogens is 324 g/mol. The van der Waals surface area contributed by atoms with E-state index < -0.39 is 0 Å². The number of rotatable bonds is 2. The van der Waals surface area contributed by atoms with Crippen LogP contribution in [0.4, 0.5) is 0 Å². The number of fused-ring (bicyclic) bond motifs is 1. The Morgan fingerprint density at radius 1 is 1.04 bits per heavy atom. The first-order chi connectivity index (χ1) is 11.6. The lowest BCUT2D eigenvalue weighted by atomic mass is 10.1. The second-order valence-corrected chi connectivity index (χ2v) is 5.86. The van der Waals surface area contributed by atoms with Crippen molar-refractivity contribution in [2.24, 2.45) is 0 Å². The van der Waals surface area contributed by atoms with Crippen LogP contribution in [-0.2, 0) is 0 Å². The number of hydrogen-bond acceptors (Lipinski definition) is 4. The van der Waals surface area contributed by atoms with E-state index in [0.717, 1.165) is 16.8 Å². The van der Waals surface area contributed by atoms with Gasteiger partial charge in [-0.1, -0.05) is 24.3 Å². The van der Waals surface area contributed by atoms with E-state index in [1.165, 1.54) is 0 Å². The predicted molar refractivity (Wildman–Crippen MR) is 93.5 cm³/mol. The molecule has 0 unspecified atom stereocenters. The van der Waals surface area contributed by atoms with Crippen molar-refractivity contribution in [1.29, 1.82) is 0 Å². The predicted octanol–water partition coefficient (Wildman–Crippen LogP) is 4.15. The molecule has 0 atom stereocenters. The van der Waals surface area contributed by atoms with Crippen molar-refractivity contribution in [1.82, 2.24) is 19.5 Å². The van der Waals surface area contributed by atoms with Gasteiger partial charge in [0.05, 0.1) is 0 Å². The molecule has 0 aliphatic heterocycles. The molecule has 2 aromatic carbocycles. The largest absolute Gasteiger partial charge is 0.508 e. The van der Waals surface area contributed by atoms with Gasteiger partial charge in [0.15, 0.2) is 5.65 Å². The molecule has 24 heavy (non-hydrogen) atoms. The van der Waals surface area contributed by atoms with Crippen molar-refractivity contribution in [3.8, 4) is 22.7 Å². The maximum absolute atomic E-state index is 9.73.